The zero-order valence-corrected chi connectivity index (χ0v) is 39.2. The van der Waals surface area contributed by atoms with Gasteiger partial charge in [0, 0.05) is 6.42 Å². The number of amides is 1. The predicted molar refractivity (Wildman–Crippen MR) is 255 cm³/mol. The number of allylic oxidation sites excluding steroid dienone is 19. The Balaban J connectivity index is 4.38. The third-order valence-electron chi connectivity index (χ3n) is 9.18. The molecule has 3 atom stereocenters. The second kappa shape index (κ2) is 41.3. The fourth-order valence-corrected chi connectivity index (χ4v) is 6.29. The Morgan fingerprint density at radius 3 is 1.47 bits per heavy atom. The van der Waals surface area contributed by atoms with E-state index in [0.29, 0.717) is 17.4 Å². The maximum atomic E-state index is 12.8. The smallest absolute Gasteiger partial charge is 0.268 e. The molecule has 0 aromatic carbocycles. The van der Waals surface area contributed by atoms with Gasteiger partial charge in [-0.25, -0.2) is 0 Å². The molecule has 0 aliphatic heterocycles. The normalized spacial score (nSPS) is 15.4. The Labute approximate surface area is 367 Å². The molecule has 340 valence electrons. The maximum absolute atomic E-state index is 12.8. The van der Waals surface area contributed by atoms with Crippen LogP contribution in [0, 0.1) is 0 Å². The lowest BCUT2D eigenvalue weighted by Crippen LogP contribution is -2.45. The van der Waals surface area contributed by atoms with Crippen LogP contribution < -0.4 is 10.2 Å². The van der Waals surface area contributed by atoms with Gasteiger partial charge in [-0.15, -0.1) is 0 Å². The third-order valence-corrected chi connectivity index (χ3v) is 10.1. The summed E-state index contributed by atoms with van der Waals surface area (Å²) in [5.41, 5.74) is 0. The first-order valence-electron chi connectivity index (χ1n) is 22.9. The first kappa shape index (κ1) is 56.9. The van der Waals surface area contributed by atoms with Gasteiger partial charge >= 0.3 is 0 Å². The Hall–Kier alpha value is -3.10. The van der Waals surface area contributed by atoms with E-state index in [-0.39, 0.29) is 18.9 Å². The fraction of sp³-hybridized carbons (Fsp3) is 0.588. The monoisotopic (exact) mass is 853 g/mol. The molecule has 8 nitrogen and oxygen atoms in total. The van der Waals surface area contributed by atoms with Gasteiger partial charge in [-0.05, 0) is 83.5 Å². The van der Waals surface area contributed by atoms with Crippen molar-refractivity contribution in [2.45, 2.75) is 154 Å². The predicted octanol–water partition coefficient (Wildman–Crippen LogP) is 12.4. The van der Waals surface area contributed by atoms with Crippen LogP contribution in [0.25, 0.3) is 0 Å². The number of nitrogens with zero attached hydrogens (tertiary/aromatic N) is 1. The van der Waals surface area contributed by atoms with Crippen LogP contribution in [0.1, 0.15) is 142 Å². The maximum Gasteiger partial charge on any atom is 0.268 e. The van der Waals surface area contributed by atoms with E-state index in [1.807, 2.05) is 27.2 Å². The number of nitrogens with one attached hydrogen (secondary N) is 1. The van der Waals surface area contributed by atoms with Crippen LogP contribution in [0.2, 0.25) is 0 Å². The third kappa shape index (κ3) is 43.0. The zero-order valence-electron chi connectivity index (χ0n) is 38.3. The number of likely N-dealkylation sites (N-methyl/N-ethyl adjacent to an activating group) is 1. The number of unbranched alkanes of at least 4 members (excludes halogenated alkanes) is 8. The lowest BCUT2D eigenvalue weighted by Gasteiger charge is -2.29. The number of carbonyl (C=O) groups is 1. The standard InChI is InChI=1S/C51H85N2O6P/c1-6-8-10-12-14-16-17-18-19-20-21-22-23-24-25-26-27-28-29-30-31-32-33-34-35-37-39-41-43-45-51(55)52-49(48-59-60(56,57)58-47-46-53(3,4)5)50(54)44-42-40-38-36-15-13-11-9-7-2/h8,10,14,16,18-19,21-22,24-25,27-28,30-31,33-34,37,39,42,44,49-50,54H,6-7,9,11-13,15,17,20,23,26,29,32,35-36,38,40-41,43,45-48H2,1-5H3,(H-,52,55,56,57)/b10-8-,16-14-,19-18-,22-21-,25-24-,28-27-,31-30-,34-33-,39-37-,44-42+. The van der Waals surface area contributed by atoms with E-state index in [1.54, 1.807) is 6.08 Å². The van der Waals surface area contributed by atoms with Gasteiger partial charge in [0.25, 0.3) is 7.82 Å². The Morgan fingerprint density at radius 1 is 0.600 bits per heavy atom. The highest BCUT2D eigenvalue weighted by Crippen LogP contribution is 2.38. The molecular weight excluding hydrogens is 768 g/mol. The van der Waals surface area contributed by atoms with E-state index in [2.05, 4.69) is 129 Å². The van der Waals surface area contributed by atoms with Crippen molar-refractivity contribution in [3.05, 3.63) is 122 Å². The zero-order chi connectivity index (χ0) is 44.3. The van der Waals surface area contributed by atoms with Gasteiger partial charge in [-0.1, -0.05) is 174 Å². The molecule has 60 heavy (non-hydrogen) atoms. The average molecular weight is 853 g/mol. The topological polar surface area (TPSA) is 108 Å². The van der Waals surface area contributed by atoms with Crippen LogP contribution in [0.5, 0.6) is 0 Å². The summed E-state index contributed by atoms with van der Waals surface area (Å²) in [6.45, 7) is 4.41. The molecule has 2 N–H and O–H groups in total. The molecule has 0 radical (unpaired) electrons. The minimum absolute atomic E-state index is 0.0196. The van der Waals surface area contributed by atoms with Crippen LogP contribution in [0.4, 0.5) is 0 Å². The summed E-state index contributed by atoms with van der Waals surface area (Å²) in [7, 11) is 1.20. The molecule has 3 unspecified atom stereocenters. The second-order valence-electron chi connectivity index (χ2n) is 16.0. The lowest BCUT2D eigenvalue weighted by atomic mass is 10.1. The highest BCUT2D eigenvalue weighted by Gasteiger charge is 2.23. The van der Waals surface area contributed by atoms with Crippen molar-refractivity contribution in [2.24, 2.45) is 0 Å². The molecule has 0 aliphatic rings. The number of aliphatic hydroxyl groups is 1. The van der Waals surface area contributed by atoms with Gasteiger partial charge in [0.15, 0.2) is 0 Å². The molecule has 0 aromatic heterocycles. The van der Waals surface area contributed by atoms with Crippen molar-refractivity contribution in [3.8, 4) is 0 Å². The highest BCUT2D eigenvalue weighted by molar-refractivity contribution is 7.45. The summed E-state index contributed by atoms with van der Waals surface area (Å²) in [6, 6.07) is -0.924. The molecule has 0 bridgehead atoms. The molecule has 0 rings (SSSR count). The molecule has 0 saturated heterocycles. The van der Waals surface area contributed by atoms with Crippen molar-refractivity contribution in [1.29, 1.82) is 0 Å². The number of quaternary nitrogens is 1. The van der Waals surface area contributed by atoms with E-state index >= 15 is 0 Å². The van der Waals surface area contributed by atoms with Gasteiger partial charge in [0.05, 0.1) is 39.9 Å². The number of aliphatic hydroxyl groups excluding tert-OH is 1. The summed E-state index contributed by atoms with van der Waals surface area (Å²) < 4.78 is 23.1. The SMILES string of the molecule is CC/C=C\C/C=C\C/C=C\C/C=C\C/C=C\C/C=C\C/C=C\C/C=C\C/C=C\CCCC(=O)NC(COP(=O)([O-])OCC[N+](C)(C)C)C(O)/C=C/CCCCCCCCC. The largest absolute Gasteiger partial charge is 0.756 e. The average Bonchev–Trinajstić information content (AvgIpc) is 3.20. The van der Waals surface area contributed by atoms with E-state index < -0.39 is 26.6 Å². The highest BCUT2D eigenvalue weighted by atomic mass is 31.2. The van der Waals surface area contributed by atoms with E-state index in [1.165, 1.54) is 32.1 Å². The number of hydrogen-bond donors (Lipinski definition) is 2. The Kier molecular flexibility index (Phi) is 39.1. The lowest BCUT2D eigenvalue weighted by molar-refractivity contribution is -0.870. The molecular formula is C51H85N2O6P. The van der Waals surface area contributed by atoms with Crippen molar-refractivity contribution >= 4 is 13.7 Å². The molecule has 0 heterocycles. The summed E-state index contributed by atoms with van der Waals surface area (Å²) in [5.74, 6) is -0.265. The number of phosphoric acid groups is 1. The summed E-state index contributed by atoms with van der Waals surface area (Å²) >= 11 is 0. The number of hydrogen-bond acceptors (Lipinski definition) is 6. The minimum Gasteiger partial charge on any atom is -0.756 e. The first-order valence-corrected chi connectivity index (χ1v) is 24.4. The quantitative estimate of drug-likeness (QED) is 0.0276. The van der Waals surface area contributed by atoms with Crippen molar-refractivity contribution < 1.29 is 32.9 Å². The number of carbonyl (C=O) groups excluding carboxylic acids is 1. The van der Waals surface area contributed by atoms with Gasteiger partial charge in [-0.2, -0.15) is 0 Å². The van der Waals surface area contributed by atoms with Crippen molar-refractivity contribution in [1.82, 2.24) is 5.32 Å². The molecule has 0 spiro atoms. The van der Waals surface area contributed by atoms with Crippen LogP contribution in [0.15, 0.2) is 122 Å². The molecule has 0 saturated carbocycles. The van der Waals surface area contributed by atoms with Crippen molar-refractivity contribution in [2.75, 3.05) is 40.9 Å². The minimum atomic E-state index is -4.61. The Bertz CT molecular complexity index is 1380. The van der Waals surface area contributed by atoms with E-state index in [0.717, 1.165) is 83.5 Å². The molecule has 0 aromatic rings. The fourth-order valence-electron chi connectivity index (χ4n) is 5.56. The first-order chi connectivity index (χ1) is 29.0. The molecule has 0 aliphatic carbocycles. The van der Waals surface area contributed by atoms with E-state index in [9.17, 15) is 19.4 Å². The van der Waals surface area contributed by atoms with E-state index in [4.69, 9.17) is 9.05 Å². The van der Waals surface area contributed by atoms with Gasteiger partial charge in [-0.3, -0.25) is 9.36 Å². The van der Waals surface area contributed by atoms with Crippen LogP contribution >= 0.6 is 7.82 Å². The van der Waals surface area contributed by atoms with Gasteiger partial charge in [0.2, 0.25) is 5.91 Å². The number of phosphoric ester groups is 1. The van der Waals surface area contributed by atoms with Gasteiger partial charge < -0.3 is 28.8 Å². The van der Waals surface area contributed by atoms with Crippen LogP contribution in [0.3, 0.4) is 0 Å². The van der Waals surface area contributed by atoms with Crippen molar-refractivity contribution in [3.63, 3.8) is 0 Å². The molecule has 9 heteroatoms. The van der Waals surface area contributed by atoms with Crippen LogP contribution in [-0.2, 0) is 18.4 Å². The summed E-state index contributed by atoms with van der Waals surface area (Å²) in [5, 5.41) is 13.7. The summed E-state index contributed by atoms with van der Waals surface area (Å²) in [6.07, 6.45) is 61.3. The molecule has 0 fully saturated rings. The number of rotatable bonds is 39. The molecule has 1 amide bonds. The second-order valence-corrected chi connectivity index (χ2v) is 17.4. The van der Waals surface area contributed by atoms with Crippen LogP contribution in [-0.4, -0.2) is 68.5 Å². The summed E-state index contributed by atoms with van der Waals surface area (Å²) in [4.78, 5) is 25.2. The Morgan fingerprint density at radius 2 is 1.02 bits per heavy atom. The van der Waals surface area contributed by atoms with Gasteiger partial charge in [0.1, 0.15) is 13.2 Å².